The van der Waals surface area contributed by atoms with Gasteiger partial charge in [-0.3, -0.25) is 4.57 Å². The van der Waals surface area contributed by atoms with Crippen molar-refractivity contribution in [1.82, 2.24) is 5.09 Å². The van der Waals surface area contributed by atoms with Gasteiger partial charge in [-0.2, -0.15) is 0 Å². The summed E-state index contributed by atoms with van der Waals surface area (Å²) >= 11 is 5.57. The third-order valence-corrected chi connectivity index (χ3v) is 4.84. The van der Waals surface area contributed by atoms with E-state index in [2.05, 4.69) is 23.2 Å². The highest BCUT2D eigenvalue weighted by molar-refractivity contribution is 8.56. The molecule has 0 fully saturated rings. The smallest absolute Gasteiger partial charge is 0.306 e. The molecule has 0 spiro atoms. The van der Waals surface area contributed by atoms with Gasteiger partial charge >= 0.3 is 6.72 Å². The Hall–Kier alpha value is -0.0100. The van der Waals surface area contributed by atoms with Gasteiger partial charge in [-0.05, 0) is 18.3 Å². The molecule has 0 aliphatic carbocycles. The van der Waals surface area contributed by atoms with Crippen molar-refractivity contribution in [2.75, 3.05) is 12.4 Å². The SMILES string of the molecule is C#CCSP(=O)(NC=S)OCC. The zero-order valence-corrected chi connectivity index (χ0v) is 9.18. The second-order valence-corrected chi connectivity index (χ2v) is 6.15. The van der Waals surface area contributed by atoms with Crippen LogP contribution in [0.15, 0.2) is 0 Å². The molecular weight excluding hydrogens is 213 g/mol. The lowest BCUT2D eigenvalue weighted by Gasteiger charge is -2.14. The third kappa shape index (κ3) is 4.78. The van der Waals surface area contributed by atoms with Crippen LogP contribution in [0.2, 0.25) is 0 Å². The first-order valence-corrected chi connectivity index (χ1v) is 6.91. The Morgan fingerprint density at radius 3 is 3.00 bits per heavy atom. The van der Waals surface area contributed by atoms with E-state index in [-0.39, 0.29) is 0 Å². The zero-order valence-electron chi connectivity index (χ0n) is 6.65. The summed E-state index contributed by atoms with van der Waals surface area (Å²) in [6.07, 6.45) is 5.02. The number of rotatable bonds is 6. The van der Waals surface area contributed by atoms with Crippen molar-refractivity contribution < 1.29 is 9.09 Å². The first-order chi connectivity index (χ1) is 5.68. The van der Waals surface area contributed by atoms with Crippen LogP contribution in [0.5, 0.6) is 0 Å². The molecular formula is C6H10NO2PS2. The molecule has 0 aromatic heterocycles. The lowest BCUT2D eigenvalue weighted by molar-refractivity contribution is 0.343. The molecule has 6 heteroatoms. The summed E-state index contributed by atoms with van der Waals surface area (Å²) in [4.78, 5) is 0. The summed E-state index contributed by atoms with van der Waals surface area (Å²) in [5, 5.41) is 2.49. The molecule has 0 aliphatic rings. The van der Waals surface area contributed by atoms with Crippen LogP contribution in [-0.2, 0) is 9.09 Å². The van der Waals surface area contributed by atoms with E-state index in [0.717, 1.165) is 11.4 Å². The third-order valence-electron chi connectivity index (χ3n) is 0.828. The van der Waals surface area contributed by atoms with Gasteiger partial charge in [-0.15, -0.1) is 6.42 Å². The van der Waals surface area contributed by atoms with Gasteiger partial charge in [0, 0.05) is 0 Å². The van der Waals surface area contributed by atoms with Gasteiger partial charge in [-0.1, -0.05) is 18.1 Å². The molecule has 0 saturated heterocycles. The maximum absolute atomic E-state index is 11.6. The topological polar surface area (TPSA) is 38.3 Å². The minimum atomic E-state index is -2.87. The van der Waals surface area contributed by atoms with Crippen LogP contribution >= 0.6 is 30.3 Å². The molecule has 1 unspecified atom stereocenters. The molecule has 0 saturated carbocycles. The lowest BCUT2D eigenvalue weighted by Crippen LogP contribution is -2.06. The van der Waals surface area contributed by atoms with E-state index in [1.165, 1.54) is 5.49 Å². The highest BCUT2D eigenvalue weighted by Gasteiger charge is 2.20. The summed E-state index contributed by atoms with van der Waals surface area (Å²) < 4.78 is 16.6. The van der Waals surface area contributed by atoms with E-state index in [0.29, 0.717) is 12.4 Å². The van der Waals surface area contributed by atoms with Gasteiger partial charge in [-0.25, -0.2) is 0 Å². The molecule has 0 amide bonds. The Balaban J connectivity index is 4.09. The highest BCUT2D eigenvalue weighted by atomic mass is 32.7. The standard InChI is InChI=1S/C6H10NO2PS2/c1-3-5-12-10(8,7-6-11)9-4-2/h1,6H,4-5H2,2H3,(H,7,8,11). The fourth-order valence-corrected chi connectivity index (χ4v) is 3.68. The Labute approximate surface area is 81.9 Å². The van der Waals surface area contributed by atoms with Crippen LogP contribution in [0.1, 0.15) is 6.92 Å². The Kier molecular flexibility index (Phi) is 6.49. The van der Waals surface area contributed by atoms with E-state index in [1.54, 1.807) is 6.92 Å². The minimum absolute atomic E-state index is 0.341. The molecule has 12 heavy (non-hydrogen) atoms. The molecule has 0 bridgehead atoms. The summed E-state index contributed by atoms with van der Waals surface area (Å²) in [5.74, 6) is 2.70. The Bertz CT molecular complexity index is 226. The molecule has 0 rings (SSSR count). The summed E-state index contributed by atoms with van der Waals surface area (Å²) in [6, 6.07) is 0. The molecule has 1 N–H and O–H groups in total. The molecule has 1 atom stereocenters. The Morgan fingerprint density at radius 1 is 1.92 bits per heavy atom. The number of thiocarbonyl (C=S) groups is 1. The van der Waals surface area contributed by atoms with E-state index < -0.39 is 6.72 Å². The van der Waals surface area contributed by atoms with Crippen molar-refractivity contribution in [3.05, 3.63) is 0 Å². The van der Waals surface area contributed by atoms with E-state index in [4.69, 9.17) is 10.9 Å². The predicted molar refractivity (Wildman–Crippen MR) is 57.3 cm³/mol. The highest BCUT2D eigenvalue weighted by Crippen LogP contribution is 2.54. The van der Waals surface area contributed by atoms with E-state index in [9.17, 15) is 4.57 Å². The molecule has 0 aromatic carbocycles. The molecule has 0 radical (unpaired) electrons. The average molecular weight is 223 g/mol. The second-order valence-electron chi connectivity index (χ2n) is 1.64. The van der Waals surface area contributed by atoms with Gasteiger partial charge in [0.25, 0.3) is 0 Å². The second kappa shape index (κ2) is 6.50. The zero-order chi connectivity index (χ0) is 9.45. The average Bonchev–Trinajstić information content (AvgIpc) is 2.02. The quantitative estimate of drug-likeness (QED) is 0.424. The molecule has 0 heterocycles. The normalized spacial score (nSPS) is 14.3. The van der Waals surface area contributed by atoms with Gasteiger partial charge in [0.15, 0.2) is 0 Å². The molecule has 0 aliphatic heterocycles. The lowest BCUT2D eigenvalue weighted by atomic mass is 10.8. The van der Waals surface area contributed by atoms with Crippen LogP contribution < -0.4 is 5.09 Å². The summed E-state index contributed by atoms with van der Waals surface area (Å²) in [7, 11) is 0. The van der Waals surface area contributed by atoms with Crippen molar-refractivity contribution in [3.8, 4) is 12.3 Å². The van der Waals surface area contributed by atoms with Gasteiger partial charge in [0.1, 0.15) is 0 Å². The summed E-state index contributed by atoms with van der Waals surface area (Å²) in [6.45, 7) is -0.747. The van der Waals surface area contributed by atoms with Crippen LogP contribution in [0.3, 0.4) is 0 Å². The van der Waals surface area contributed by atoms with Gasteiger partial charge in [0.2, 0.25) is 0 Å². The first kappa shape index (κ1) is 12.0. The van der Waals surface area contributed by atoms with Crippen molar-refractivity contribution >= 4 is 35.8 Å². The van der Waals surface area contributed by atoms with Gasteiger partial charge < -0.3 is 9.61 Å². The van der Waals surface area contributed by atoms with E-state index in [1.807, 2.05) is 0 Å². The summed E-state index contributed by atoms with van der Waals surface area (Å²) in [5.41, 5.74) is 1.18. The van der Waals surface area contributed by atoms with Crippen molar-refractivity contribution in [2.24, 2.45) is 0 Å². The van der Waals surface area contributed by atoms with Crippen molar-refractivity contribution in [1.29, 1.82) is 0 Å². The van der Waals surface area contributed by atoms with Crippen LogP contribution in [-0.4, -0.2) is 17.9 Å². The fraction of sp³-hybridized carbons (Fsp3) is 0.500. The number of terminal acetylenes is 1. The number of nitrogens with one attached hydrogen (secondary N) is 1. The number of hydrogen-bond acceptors (Lipinski definition) is 4. The monoisotopic (exact) mass is 223 g/mol. The predicted octanol–water partition coefficient (Wildman–Crippen LogP) is 2.04. The maximum Gasteiger partial charge on any atom is 0.352 e. The van der Waals surface area contributed by atoms with Crippen molar-refractivity contribution in [2.45, 2.75) is 6.92 Å². The largest absolute Gasteiger partial charge is 0.352 e. The van der Waals surface area contributed by atoms with Crippen LogP contribution in [0.4, 0.5) is 0 Å². The molecule has 0 aromatic rings. The van der Waals surface area contributed by atoms with Crippen LogP contribution in [0, 0.1) is 12.3 Å². The maximum atomic E-state index is 11.6. The Morgan fingerprint density at radius 2 is 2.58 bits per heavy atom. The fourth-order valence-electron chi connectivity index (χ4n) is 0.469. The first-order valence-electron chi connectivity index (χ1n) is 3.22. The number of hydrogen-bond donors (Lipinski definition) is 1. The molecule has 3 nitrogen and oxygen atoms in total. The van der Waals surface area contributed by atoms with Crippen LogP contribution in [0.25, 0.3) is 0 Å². The minimum Gasteiger partial charge on any atom is -0.306 e. The van der Waals surface area contributed by atoms with Crippen molar-refractivity contribution in [3.63, 3.8) is 0 Å². The van der Waals surface area contributed by atoms with E-state index >= 15 is 0 Å². The molecule has 68 valence electrons. The van der Waals surface area contributed by atoms with Gasteiger partial charge in [0.05, 0.1) is 17.9 Å².